The normalized spacial score (nSPS) is 23.8. The van der Waals surface area contributed by atoms with Crippen molar-refractivity contribution in [1.82, 2.24) is 10.2 Å². The Balaban J connectivity index is 2.36. The van der Waals surface area contributed by atoms with E-state index < -0.39 is 10.8 Å². The molecule has 1 aliphatic rings. The molecule has 19 heavy (non-hydrogen) atoms. The Morgan fingerprint density at radius 1 is 1.53 bits per heavy atom. The van der Waals surface area contributed by atoms with E-state index in [9.17, 15) is 9.00 Å². The number of piperidine rings is 1. The van der Waals surface area contributed by atoms with E-state index in [-0.39, 0.29) is 17.9 Å². The maximum Gasteiger partial charge on any atom is 0.224 e. The number of amides is 1. The smallest absolute Gasteiger partial charge is 0.224 e. The molecule has 4 nitrogen and oxygen atoms in total. The van der Waals surface area contributed by atoms with Gasteiger partial charge < -0.3 is 10.2 Å². The lowest BCUT2D eigenvalue weighted by Gasteiger charge is -2.32. The molecule has 3 atom stereocenters. The van der Waals surface area contributed by atoms with Crippen molar-refractivity contribution in [1.29, 1.82) is 0 Å². The molecule has 1 saturated heterocycles. The molecule has 1 heterocycles. The lowest BCUT2D eigenvalue weighted by Crippen LogP contribution is -2.46. The van der Waals surface area contributed by atoms with Crippen molar-refractivity contribution in [3.8, 4) is 0 Å². The van der Waals surface area contributed by atoms with E-state index in [1.807, 2.05) is 0 Å². The molecule has 0 saturated carbocycles. The third kappa shape index (κ3) is 6.52. The topological polar surface area (TPSA) is 49.4 Å². The van der Waals surface area contributed by atoms with Gasteiger partial charge in [0.1, 0.15) is 0 Å². The summed E-state index contributed by atoms with van der Waals surface area (Å²) in [6.45, 7) is 6.91. The molecule has 5 heteroatoms. The summed E-state index contributed by atoms with van der Waals surface area (Å²) in [5, 5.41) is 3.11. The highest BCUT2D eigenvalue weighted by Crippen LogP contribution is 2.16. The van der Waals surface area contributed by atoms with Crippen LogP contribution in [-0.2, 0) is 15.6 Å². The Hall–Kier alpha value is -0.420. The summed E-state index contributed by atoms with van der Waals surface area (Å²) in [5.41, 5.74) is 0. The Kier molecular flexibility index (Phi) is 7.61. The maximum absolute atomic E-state index is 12.2. The number of rotatable bonds is 7. The number of hydrogen-bond acceptors (Lipinski definition) is 3. The third-order valence-electron chi connectivity index (χ3n) is 3.68. The van der Waals surface area contributed by atoms with Crippen molar-refractivity contribution in [3.63, 3.8) is 0 Å². The van der Waals surface area contributed by atoms with E-state index in [4.69, 9.17) is 0 Å². The summed E-state index contributed by atoms with van der Waals surface area (Å²) >= 11 is 0. The average Bonchev–Trinajstić information content (AvgIpc) is 2.37. The predicted molar refractivity (Wildman–Crippen MR) is 80.6 cm³/mol. The lowest BCUT2D eigenvalue weighted by atomic mass is 9.96. The van der Waals surface area contributed by atoms with Crippen molar-refractivity contribution in [2.45, 2.75) is 45.6 Å². The molecule has 3 unspecified atom stereocenters. The van der Waals surface area contributed by atoms with Crippen LogP contribution < -0.4 is 5.32 Å². The second kappa shape index (κ2) is 8.69. The van der Waals surface area contributed by atoms with Crippen LogP contribution in [0.2, 0.25) is 0 Å². The van der Waals surface area contributed by atoms with E-state index in [2.05, 4.69) is 24.1 Å². The van der Waals surface area contributed by atoms with Gasteiger partial charge in [-0.15, -0.1) is 0 Å². The molecule has 1 fully saturated rings. The quantitative estimate of drug-likeness (QED) is 0.770. The van der Waals surface area contributed by atoms with E-state index in [0.717, 1.165) is 45.3 Å². The van der Waals surface area contributed by atoms with Gasteiger partial charge in [0, 0.05) is 41.9 Å². The molecule has 1 aliphatic heterocycles. The van der Waals surface area contributed by atoms with Gasteiger partial charge in [0.2, 0.25) is 5.91 Å². The molecule has 0 aliphatic carbocycles. The molecular formula is C14H28N2O2S. The van der Waals surface area contributed by atoms with Gasteiger partial charge >= 0.3 is 0 Å². The Labute approximate surface area is 119 Å². The Morgan fingerprint density at radius 2 is 2.26 bits per heavy atom. The third-order valence-corrected chi connectivity index (χ3v) is 4.44. The highest BCUT2D eigenvalue weighted by atomic mass is 32.2. The summed E-state index contributed by atoms with van der Waals surface area (Å²) in [5.74, 6) is 1.02. The lowest BCUT2D eigenvalue weighted by molar-refractivity contribution is -0.127. The van der Waals surface area contributed by atoms with Crippen LogP contribution in [0, 0.1) is 5.92 Å². The van der Waals surface area contributed by atoms with Crippen molar-refractivity contribution >= 4 is 16.7 Å². The van der Waals surface area contributed by atoms with Gasteiger partial charge in [0.05, 0.1) is 5.92 Å². The van der Waals surface area contributed by atoms with Crippen LogP contribution in [0.25, 0.3) is 0 Å². The van der Waals surface area contributed by atoms with Gasteiger partial charge in [0.15, 0.2) is 0 Å². The molecule has 1 N–H and O–H groups in total. The fourth-order valence-corrected chi connectivity index (χ4v) is 3.11. The summed E-state index contributed by atoms with van der Waals surface area (Å²) < 4.78 is 11.1. The second-order valence-electron chi connectivity index (χ2n) is 5.62. The first-order chi connectivity index (χ1) is 9.02. The molecule has 0 bridgehead atoms. The minimum Gasteiger partial charge on any atom is -0.353 e. The SMILES string of the molecule is CCCC(C)NC(=O)C1CCCN(CCS(C)=O)C1. The van der Waals surface area contributed by atoms with Gasteiger partial charge in [0.25, 0.3) is 0 Å². The summed E-state index contributed by atoms with van der Waals surface area (Å²) in [6, 6.07) is 0.274. The molecule has 0 aromatic rings. The number of likely N-dealkylation sites (tertiary alicyclic amines) is 1. The van der Waals surface area contributed by atoms with Gasteiger partial charge in [-0.2, -0.15) is 0 Å². The van der Waals surface area contributed by atoms with Crippen LogP contribution in [0.4, 0.5) is 0 Å². The van der Waals surface area contributed by atoms with Crippen LogP contribution in [0.5, 0.6) is 0 Å². The van der Waals surface area contributed by atoms with Gasteiger partial charge in [-0.25, -0.2) is 0 Å². The first kappa shape index (κ1) is 16.6. The van der Waals surface area contributed by atoms with Crippen LogP contribution in [0.1, 0.15) is 39.5 Å². The molecule has 112 valence electrons. The molecule has 0 aromatic carbocycles. The average molecular weight is 288 g/mol. The standard InChI is InChI=1S/C14H28N2O2S/c1-4-6-12(2)15-14(17)13-7-5-8-16(11-13)9-10-19(3)18/h12-13H,4-11H2,1-3H3,(H,15,17). The number of hydrogen-bond donors (Lipinski definition) is 1. The fraction of sp³-hybridized carbons (Fsp3) is 0.929. The monoisotopic (exact) mass is 288 g/mol. The fourth-order valence-electron chi connectivity index (χ4n) is 2.60. The number of carbonyl (C=O) groups excluding carboxylic acids is 1. The van der Waals surface area contributed by atoms with Crippen molar-refractivity contribution in [2.75, 3.05) is 31.6 Å². The van der Waals surface area contributed by atoms with Crippen molar-refractivity contribution in [2.24, 2.45) is 5.92 Å². The molecule has 0 radical (unpaired) electrons. The summed E-state index contributed by atoms with van der Waals surface area (Å²) in [4.78, 5) is 14.4. The van der Waals surface area contributed by atoms with Crippen LogP contribution in [0.3, 0.4) is 0 Å². The van der Waals surface area contributed by atoms with Gasteiger partial charge in [-0.1, -0.05) is 13.3 Å². The number of nitrogens with one attached hydrogen (secondary N) is 1. The minimum atomic E-state index is -0.743. The summed E-state index contributed by atoms with van der Waals surface area (Å²) in [6.07, 6.45) is 5.92. The number of carbonyl (C=O) groups is 1. The minimum absolute atomic E-state index is 0.110. The molecule has 1 rings (SSSR count). The van der Waals surface area contributed by atoms with Crippen LogP contribution in [-0.4, -0.2) is 52.7 Å². The predicted octanol–water partition coefficient (Wildman–Crippen LogP) is 1.38. The zero-order chi connectivity index (χ0) is 14.3. The first-order valence-corrected chi connectivity index (χ1v) is 9.08. The first-order valence-electron chi connectivity index (χ1n) is 7.35. The zero-order valence-corrected chi connectivity index (χ0v) is 13.3. The van der Waals surface area contributed by atoms with Crippen LogP contribution in [0.15, 0.2) is 0 Å². The van der Waals surface area contributed by atoms with E-state index in [1.54, 1.807) is 6.26 Å². The van der Waals surface area contributed by atoms with E-state index >= 15 is 0 Å². The molecular weight excluding hydrogens is 260 g/mol. The van der Waals surface area contributed by atoms with Crippen molar-refractivity contribution in [3.05, 3.63) is 0 Å². The number of nitrogens with zero attached hydrogens (tertiary/aromatic N) is 1. The van der Waals surface area contributed by atoms with Gasteiger partial charge in [-0.3, -0.25) is 9.00 Å². The molecule has 0 spiro atoms. The largest absolute Gasteiger partial charge is 0.353 e. The Morgan fingerprint density at radius 3 is 2.89 bits per heavy atom. The Bertz CT molecular complexity index is 310. The van der Waals surface area contributed by atoms with Gasteiger partial charge in [-0.05, 0) is 32.7 Å². The second-order valence-corrected chi connectivity index (χ2v) is 7.17. The zero-order valence-electron chi connectivity index (χ0n) is 12.5. The van der Waals surface area contributed by atoms with Crippen LogP contribution >= 0.6 is 0 Å². The van der Waals surface area contributed by atoms with E-state index in [0.29, 0.717) is 5.75 Å². The molecule has 0 aromatic heterocycles. The maximum atomic E-state index is 12.2. The highest BCUT2D eigenvalue weighted by molar-refractivity contribution is 7.84. The van der Waals surface area contributed by atoms with Crippen molar-refractivity contribution < 1.29 is 9.00 Å². The highest BCUT2D eigenvalue weighted by Gasteiger charge is 2.26. The van der Waals surface area contributed by atoms with E-state index in [1.165, 1.54) is 0 Å². The molecule has 1 amide bonds. The summed E-state index contributed by atoms with van der Waals surface area (Å²) in [7, 11) is -0.743.